The maximum Gasteiger partial charge on any atom is 0.337 e. The third-order valence-electron chi connectivity index (χ3n) is 5.63. The minimum atomic E-state index is -0.371. The van der Waals surface area contributed by atoms with Crippen LogP contribution in [0.25, 0.3) is 0 Å². The van der Waals surface area contributed by atoms with Crippen molar-refractivity contribution in [1.82, 2.24) is 0 Å². The maximum absolute atomic E-state index is 11.8. The van der Waals surface area contributed by atoms with Crippen LogP contribution < -0.4 is 0 Å². The molecule has 0 amide bonds. The second-order valence-electron chi connectivity index (χ2n) is 6.65. The summed E-state index contributed by atoms with van der Waals surface area (Å²) in [5.74, 6) is 0.527. The van der Waals surface area contributed by atoms with Crippen molar-refractivity contribution in [2.24, 2.45) is 17.3 Å². The van der Waals surface area contributed by atoms with Crippen molar-refractivity contribution in [1.29, 1.82) is 0 Å². The van der Waals surface area contributed by atoms with E-state index in [0.717, 1.165) is 24.8 Å². The molecule has 3 aliphatic rings. The van der Waals surface area contributed by atoms with Crippen LogP contribution in [0.1, 0.15) is 39.5 Å². The molecular formula is C15H22O4. The summed E-state index contributed by atoms with van der Waals surface area (Å²) in [6.07, 6.45) is 2.88. The predicted octanol–water partition coefficient (Wildman–Crippen LogP) is 1.41. The second-order valence-corrected chi connectivity index (χ2v) is 6.65. The summed E-state index contributed by atoms with van der Waals surface area (Å²) in [6.45, 7) is 4.06. The van der Waals surface area contributed by atoms with Gasteiger partial charge in [-0.3, -0.25) is 0 Å². The van der Waals surface area contributed by atoms with E-state index in [1.54, 1.807) is 0 Å². The van der Waals surface area contributed by atoms with Gasteiger partial charge in [-0.25, -0.2) is 4.79 Å². The summed E-state index contributed by atoms with van der Waals surface area (Å²) in [5, 5.41) is 19.8. The van der Waals surface area contributed by atoms with Gasteiger partial charge in [0.25, 0.3) is 0 Å². The van der Waals surface area contributed by atoms with E-state index >= 15 is 0 Å². The fourth-order valence-electron chi connectivity index (χ4n) is 4.51. The number of fused-ring (bicyclic) bond motifs is 2. The van der Waals surface area contributed by atoms with Gasteiger partial charge in [-0.15, -0.1) is 0 Å². The van der Waals surface area contributed by atoms with E-state index in [2.05, 4.69) is 13.8 Å². The van der Waals surface area contributed by atoms with Crippen LogP contribution in [-0.2, 0) is 9.53 Å². The summed E-state index contributed by atoms with van der Waals surface area (Å²) in [5.41, 5.74) is 1.18. The van der Waals surface area contributed by atoms with Gasteiger partial charge in [0.05, 0.1) is 18.3 Å². The largest absolute Gasteiger partial charge is 0.454 e. The second kappa shape index (κ2) is 4.32. The first-order valence-corrected chi connectivity index (χ1v) is 7.19. The Morgan fingerprint density at radius 3 is 2.84 bits per heavy atom. The molecule has 1 aliphatic heterocycles. The molecule has 5 atom stereocenters. The molecule has 0 bridgehead atoms. The number of esters is 1. The predicted molar refractivity (Wildman–Crippen MR) is 69.2 cm³/mol. The van der Waals surface area contributed by atoms with Gasteiger partial charge in [0.1, 0.15) is 6.10 Å². The van der Waals surface area contributed by atoms with Crippen LogP contribution in [-0.4, -0.2) is 35.0 Å². The van der Waals surface area contributed by atoms with Crippen molar-refractivity contribution in [2.45, 2.75) is 51.7 Å². The Labute approximate surface area is 113 Å². The number of hydrogen-bond acceptors (Lipinski definition) is 4. The minimum absolute atomic E-state index is 0.181. The fraction of sp³-hybridized carbons (Fsp3) is 0.800. The molecule has 4 nitrogen and oxygen atoms in total. The molecule has 2 fully saturated rings. The zero-order valence-electron chi connectivity index (χ0n) is 11.6. The Morgan fingerprint density at radius 2 is 2.16 bits per heavy atom. The first-order chi connectivity index (χ1) is 8.97. The molecule has 19 heavy (non-hydrogen) atoms. The van der Waals surface area contributed by atoms with E-state index in [0.29, 0.717) is 23.8 Å². The summed E-state index contributed by atoms with van der Waals surface area (Å²) in [7, 11) is 0. The van der Waals surface area contributed by atoms with Crippen molar-refractivity contribution < 1.29 is 19.7 Å². The Morgan fingerprint density at radius 1 is 1.42 bits per heavy atom. The van der Waals surface area contributed by atoms with Crippen molar-refractivity contribution in [3.63, 3.8) is 0 Å². The molecule has 0 spiro atoms. The highest BCUT2D eigenvalue weighted by Gasteiger charge is 2.53. The lowest BCUT2D eigenvalue weighted by molar-refractivity contribution is -0.140. The lowest BCUT2D eigenvalue weighted by Gasteiger charge is -2.35. The van der Waals surface area contributed by atoms with Crippen LogP contribution >= 0.6 is 0 Å². The lowest BCUT2D eigenvalue weighted by Crippen LogP contribution is -2.34. The van der Waals surface area contributed by atoms with Crippen LogP contribution in [0.15, 0.2) is 11.1 Å². The van der Waals surface area contributed by atoms with Crippen molar-refractivity contribution in [3.8, 4) is 0 Å². The van der Waals surface area contributed by atoms with Gasteiger partial charge in [0.15, 0.2) is 0 Å². The minimum Gasteiger partial charge on any atom is -0.454 e. The summed E-state index contributed by atoms with van der Waals surface area (Å²) in [4.78, 5) is 11.8. The Hall–Kier alpha value is -0.870. The maximum atomic E-state index is 11.8. The van der Waals surface area contributed by atoms with E-state index in [9.17, 15) is 15.0 Å². The molecule has 4 heteroatoms. The van der Waals surface area contributed by atoms with E-state index < -0.39 is 0 Å². The normalized spacial score (nSPS) is 45.8. The van der Waals surface area contributed by atoms with Crippen LogP contribution in [0.3, 0.4) is 0 Å². The number of aliphatic hydroxyl groups excluding tert-OH is 2. The summed E-state index contributed by atoms with van der Waals surface area (Å²) < 4.78 is 5.41. The number of ether oxygens (including phenoxy) is 1. The van der Waals surface area contributed by atoms with E-state index in [4.69, 9.17) is 4.74 Å². The standard InChI is InChI=1S/C15H22O4/c1-8-5-12-9(10(7-16)14(18)19-12)6-15(2)11(8)3-4-13(15)17/h8,11-13,16-17H,3-7H2,1-2H3/t8-,11?,12?,13?,15+/m1/s1. The van der Waals surface area contributed by atoms with Crippen molar-refractivity contribution in [2.75, 3.05) is 6.61 Å². The molecule has 0 aromatic heterocycles. The molecule has 2 N–H and O–H groups in total. The first-order valence-electron chi connectivity index (χ1n) is 7.19. The third kappa shape index (κ3) is 1.77. The molecule has 0 aromatic carbocycles. The molecule has 0 aromatic rings. The lowest BCUT2D eigenvalue weighted by atomic mass is 9.70. The third-order valence-corrected chi connectivity index (χ3v) is 5.63. The molecular weight excluding hydrogens is 244 g/mol. The van der Waals surface area contributed by atoms with Gasteiger partial charge in [-0.1, -0.05) is 13.8 Å². The first kappa shape index (κ1) is 13.1. The van der Waals surface area contributed by atoms with E-state index in [1.165, 1.54) is 0 Å². The Balaban J connectivity index is 2.03. The highest BCUT2D eigenvalue weighted by Crippen LogP contribution is 2.55. The van der Waals surface area contributed by atoms with E-state index in [-0.39, 0.29) is 30.2 Å². The average Bonchev–Trinajstić information content (AvgIpc) is 2.76. The summed E-state index contributed by atoms with van der Waals surface area (Å²) in [6, 6.07) is 0. The van der Waals surface area contributed by atoms with Crippen molar-refractivity contribution in [3.05, 3.63) is 11.1 Å². The van der Waals surface area contributed by atoms with Crippen LogP contribution in [0.2, 0.25) is 0 Å². The number of aliphatic hydroxyl groups is 2. The average molecular weight is 266 g/mol. The van der Waals surface area contributed by atoms with Crippen LogP contribution in [0.4, 0.5) is 0 Å². The SMILES string of the molecule is C[C@@H]1CC2OC(=O)C(CO)=C2C[C@]2(C)C(O)CCC12. The van der Waals surface area contributed by atoms with Gasteiger partial charge in [0, 0.05) is 5.41 Å². The highest BCUT2D eigenvalue weighted by molar-refractivity contribution is 5.92. The number of hydrogen-bond donors (Lipinski definition) is 2. The summed E-state index contributed by atoms with van der Waals surface area (Å²) >= 11 is 0. The highest BCUT2D eigenvalue weighted by atomic mass is 16.5. The number of rotatable bonds is 1. The number of carbonyl (C=O) groups excluding carboxylic acids is 1. The molecule has 2 aliphatic carbocycles. The van der Waals surface area contributed by atoms with Crippen molar-refractivity contribution >= 4 is 5.97 Å². The van der Waals surface area contributed by atoms with Gasteiger partial charge in [-0.05, 0) is 43.1 Å². The molecule has 1 heterocycles. The monoisotopic (exact) mass is 266 g/mol. The zero-order chi connectivity index (χ0) is 13.8. The molecule has 0 radical (unpaired) electrons. The Bertz CT molecular complexity index is 441. The molecule has 3 unspecified atom stereocenters. The fourth-order valence-corrected chi connectivity index (χ4v) is 4.51. The topological polar surface area (TPSA) is 66.8 Å². The van der Waals surface area contributed by atoms with Gasteiger partial charge in [0.2, 0.25) is 0 Å². The van der Waals surface area contributed by atoms with Crippen LogP contribution in [0.5, 0.6) is 0 Å². The molecule has 3 rings (SSSR count). The Kier molecular flexibility index (Phi) is 2.98. The van der Waals surface area contributed by atoms with Gasteiger partial charge in [-0.2, -0.15) is 0 Å². The quantitative estimate of drug-likeness (QED) is 0.704. The van der Waals surface area contributed by atoms with E-state index in [1.807, 2.05) is 0 Å². The van der Waals surface area contributed by atoms with Gasteiger partial charge >= 0.3 is 5.97 Å². The zero-order valence-corrected chi connectivity index (χ0v) is 11.6. The molecule has 2 saturated carbocycles. The van der Waals surface area contributed by atoms with Gasteiger partial charge < -0.3 is 14.9 Å². The molecule has 0 saturated heterocycles. The number of carbonyl (C=O) groups is 1. The smallest absolute Gasteiger partial charge is 0.337 e. The molecule has 106 valence electrons. The van der Waals surface area contributed by atoms with Crippen LogP contribution in [0, 0.1) is 17.3 Å².